The van der Waals surface area contributed by atoms with Crippen molar-refractivity contribution in [3.8, 4) is 0 Å². The predicted octanol–water partition coefficient (Wildman–Crippen LogP) is 1.02. The molecule has 0 saturated heterocycles. The highest BCUT2D eigenvalue weighted by Gasteiger charge is 2.35. The Bertz CT molecular complexity index is 717. The van der Waals surface area contributed by atoms with E-state index in [0.717, 1.165) is 18.5 Å². The molecule has 0 radical (unpaired) electrons. The Morgan fingerprint density at radius 1 is 1.65 bits per heavy atom. The maximum absolute atomic E-state index is 12.0. The number of hydrogen-bond acceptors (Lipinski definition) is 5. The number of carboxylic acids is 1. The average molecular weight is 293 g/mol. The number of carbonyl (C=O) groups is 1. The number of aliphatic carboxylic acids is 1. The van der Waals surface area contributed by atoms with Crippen molar-refractivity contribution in [3.63, 3.8) is 0 Å². The lowest BCUT2D eigenvalue weighted by Gasteiger charge is -2.12. The number of hydrogen-bond donors (Lipinski definition) is 2. The molecule has 1 aliphatic rings. The summed E-state index contributed by atoms with van der Waals surface area (Å²) in [5, 5.41) is 14.0. The molecule has 2 aromatic heterocycles. The number of rotatable bonds is 5. The summed E-state index contributed by atoms with van der Waals surface area (Å²) >= 11 is 1.41. The van der Waals surface area contributed by atoms with E-state index in [2.05, 4.69) is 10.3 Å². The van der Waals surface area contributed by atoms with Crippen molar-refractivity contribution >= 4 is 22.3 Å². The van der Waals surface area contributed by atoms with Gasteiger partial charge in [0.15, 0.2) is 4.96 Å². The highest BCUT2D eigenvalue weighted by Crippen LogP contribution is 2.32. The molecule has 0 bridgehead atoms. The smallest absolute Gasteiger partial charge is 0.320 e. The van der Waals surface area contributed by atoms with Gasteiger partial charge in [-0.15, -0.1) is 11.3 Å². The van der Waals surface area contributed by atoms with Crippen molar-refractivity contribution < 1.29 is 9.90 Å². The van der Waals surface area contributed by atoms with E-state index < -0.39 is 12.0 Å². The third-order valence-electron chi connectivity index (χ3n) is 3.49. The lowest BCUT2D eigenvalue weighted by Crippen LogP contribution is -2.38. The Balaban J connectivity index is 1.80. The van der Waals surface area contributed by atoms with Gasteiger partial charge >= 0.3 is 5.97 Å². The van der Waals surface area contributed by atoms with E-state index in [1.165, 1.54) is 17.4 Å². The first-order chi connectivity index (χ1) is 9.56. The molecule has 1 unspecified atom stereocenters. The van der Waals surface area contributed by atoms with E-state index in [0.29, 0.717) is 17.2 Å². The van der Waals surface area contributed by atoms with Crippen LogP contribution in [0, 0.1) is 12.8 Å². The Labute approximate surface area is 119 Å². The second-order valence-corrected chi connectivity index (χ2v) is 5.95. The monoisotopic (exact) mass is 293 g/mol. The molecule has 2 N–H and O–H groups in total. The van der Waals surface area contributed by atoms with Gasteiger partial charge in [-0.2, -0.15) is 0 Å². The minimum atomic E-state index is -0.836. The van der Waals surface area contributed by atoms with Gasteiger partial charge in [0.1, 0.15) is 6.04 Å². The van der Waals surface area contributed by atoms with Crippen LogP contribution in [-0.4, -0.2) is 26.5 Å². The van der Waals surface area contributed by atoms with Gasteiger partial charge in [0.25, 0.3) is 5.56 Å². The first-order valence-corrected chi connectivity index (χ1v) is 7.37. The Hall–Kier alpha value is -1.73. The molecular formula is C13H15N3O3S. The lowest BCUT2D eigenvalue weighted by atomic mass is 10.2. The van der Waals surface area contributed by atoms with Gasteiger partial charge in [-0.1, -0.05) is 0 Å². The Morgan fingerprint density at radius 2 is 2.40 bits per heavy atom. The van der Waals surface area contributed by atoms with Crippen LogP contribution in [0.15, 0.2) is 16.2 Å². The molecule has 7 heteroatoms. The summed E-state index contributed by atoms with van der Waals surface area (Å²) in [6, 6.07) is 0.922. The molecule has 106 valence electrons. The molecule has 1 saturated carbocycles. The van der Waals surface area contributed by atoms with Crippen molar-refractivity contribution in [2.24, 2.45) is 5.92 Å². The molecule has 1 aliphatic carbocycles. The largest absolute Gasteiger partial charge is 0.480 e. The average Bonchev–Trinajstić information content (AvgIpc) is 3.13. The molecule has 3 rings (SSSR count). The minimum absolute atomic E-state index is 0.121. The van der Waals surface area contributed by atoms with Crippen LogP contribution >= 0.6 is 11.3 Å². The first kappa shape index (κ1) is 13.3. The Kier molecular flexibility index (Phi) is 3.31. The van der Waals surface area contributed by atoms with E-state index in [9.17, 15) is 9.59 Å². The molecule has 20 heavy (non-hydrogen) atoms. The molecule has 2 heterocycles. The first-order valence-electron chi connectivity index (χ1n) is 6.49. The van der Waals surface area contributed by atoms with Crippen molar-refractivity contribution in [1.82, 2.24) is 14.7 Å². The zero-order valence-corrected chi connectivity index (χ0v) is 11.8. The molecular weight excluding hydrogens is 278 g/mol. The van der Waals surface area contributed by atoms with Gasteiger partial charge in [0, 0.05) is 23.7 Å². The van der Waals surface area contributed by atoms with Gasteiger partial charge in [-0.05, 0) is 25.7 Å². The van der Waals surface area contributed by atoms with Gasteiger partial charge in [0.2, 0.25) is 0 Å². The van der Waals surface area contributed by atoms with E-state index >= 15 is 0 Å². The van der Waals surface area contributed by atoms with E-state index in [1.807, 2.05) is 12.3 Å². The van der Waals surface area contributed by atoms with Gasteiger partial charge < -0.3 is 5.11 Å². The fourth-order valence-electron chi connectivity index (χ4n) is 2.29. The van der Waals surface area contributed by atoms with Crippen LogP contribution in [0.5, 0.6) is 0 Å². The number of carboxylic acid groups (broad SMARTS) is 1. The summed E-state index contributed by atoms with van der Waals surface area (Å²) in [6.45, 7) is 2.16. The second-order valence-electron chi connectivity index (χ2n) is 5.12. The van der Waals surface area contributed by atoms with Crippen LogP contribution in [-0.2, 0) is 11.3 Å². The standard InChI is InChI=1S/C13H15N3O3S/c1-7-6-20-13-15-9(4-10(17)16(7)13)5-14-11(12(18)19)8-2-3-8/h4,6,8,11,14H,2-3,5H2,1H3,(H,18,19). The zero-order chi connectivity index (χ0) is 14.3. The summed E-state index contributed by atoms with van der Waals surface area (Å²) in [6.07, 6.45) is 1.90. The van der Waals surface area contributed by atoms with Crippen LogP contribution in [0.4, 0.5) is 0 Å². The molecule has 0 spiro atoms. The maximum atomic E-state index is 12.0. The third kappa shape index (κ3) is 2.46. The third-order valence-corrected chi connectivity index (χ3v) is 4.43. The fourth-order valence-corrected chi connectivity index (χ4v) is 3.18. The zero-order valence-electron chi connectivity index (χ0n) is 11.0. The molecule has 0 aliphatic heterocycles. The van der Waals surface area contributed by atoms with Crippen molar-refractivity contribution in [1.29, 1.82) is 0 Å². The van der Waals surface area contributed by atoms with Crippen LogP contribution in [0.25, 0.3) is 4.96 Å². The van der Waals surface area contributed by atoms with Gasteiger partial charge in [0.05, 0.1) is 5.69 Å². The molecule has 1 fully saturated rings. The molecule has 6 nitrogen and oxygen atoms in total. The number of nitrogens with one attached hydrogen (secondary N) is 1. The van der Waals surface area contributed by atoms with Crippen LogP contribution in [0.1, 0.15) is 24.2 Å². The number of aromatic nitrogens is 2. The summed E-state index contributed by atoms with van der Waals surface area (Å²) in [5.41, 5.74) is 1.33. The fraction of sp³-hybridized carbons (Fsp3) is 0.462. The summed E-state index contributed by atoms with van der Waals surface area (Å²) in [5.74, 6) is -0.626. The molecule has 0 aromatic carbocycles. The highest BCUT2D eigenvalue weighted by atomic mass is 32.1. The molecule has 2 aromatic rings. The van der Waals surface area contributed by atoms with Crippen molar-refractivity contribution in [3.05, 3.63) is 33.2 Å². The quantitative estimate of drug-likeness (QED) is 0.860. The van der Waals surface area contributed by atoms with Crippen LogP contribution in [0.2, 0.25) is 0 Å². The van der Waals surface area contributed by atoms with E-state index in [-0.39, 0.29) is 11.5 Å². The maximum Gasteiger partial charge on any atom is 0.320 e. The second kappa shape index (κ2) is 4.99. The minimum Gasteiger partial charge on any atom is -0.480 e. The summed E-state index contributed by atoms with van der Waals surface area (Å²) < 4.78 is 1.56. The van der Waals surface area contributed by atoms with Crippen LogP contribution < -0.4 is 10.9 Å². The predicted molar refractivity (Wildman–Crippen MR) is 75.1 cm³/mol. The van der Waals surface area contributed by atoms with Gasteiger partial charge in [-0.3, -0.25) is 19.3 Å². The van der Waals surface area contributed by atoms with E-state index in [4.69, 9.17) is 5.11 Å². The normalized spacial score (nSPS) is 16.4. The molecule has 0 amide bonds. The van der Waals surface area contributed by atoms with Crippen molar-refractivity contribution in [2.75, 3.05) is 0 Å². The SMILES string of the molecule is Cc1csc2nc(CNC(C(=O)O)C3CC3)cc(=O)n12. The van der Waals surface area contributed by atoms with Crippen LogP contribution in [0.3, 0.4) is 0 Å². The molecule has 1 atom stereocenters. The number of thiazole rings is 1. The summed E-state index contributed by atoms with van der Waals surface area (Å²) in [7, 11) is 0. The van der Waals surface area contributed by atoms with Crippen molar-refractivity contribution in [2.45, 2.75) is 32.4 Å². The topological polar surface area (TPSA) is 83.7 Å². The summed E-state index contributed by atoms with van der Waals surface area (Å²) in [4.78, 5) is 28.2. The van der Waals surface area contributed by atoms with Gasteiger partial charge in [-0.25, -0.2) is 4.98 Å². The number of aryl methyl sites for hydroxylation is 1. The number of fused-ring (bicyclic) bond motifs is 1. The van der Waals surface area contributed by atoms with E-state index in [1.54, 1.807) is 4.40 Å². The number of nitrogens with zero attached hydrogens (tertiary/aromatic N) is 2. The Morgan fingerprint density at radius 3 is 3.05 bits per heavy atom. The lowest BCUT2D eigenvalue weighted by molar-refractivity contribution is -0.140. The highest BCUT2D eigenvalue weighted by molar-refractivity contribution is 7.15.